The Morgan fingerprint density at radius 2 is 1.79 bits per heavy atom. The molecule has 3 aliphatic rings. The molecule has 6 rings (SSSR count). The molecule has 1 aromatic heterocycles. The number of aryl methyl sites for hydroxylation is 1. The van der Waals surface area contributed by atoms with Crippen molar-refractivity contribution in [1.29, 1.82) is 5.26 Å². The molecule has 0 spiro atoms. The van der Waals surface area contributed by atoms with Gasteiger partial charge in [0.2, 0.25) is 11.8 Å². The van der Waals surface area contributed by atoms with Crippen molar-refractivity contribution < 1.29 is 14.3 Å². The summed E-state index contributed by atoms with van der Waals surface area (Å²) >= 11 is 0. The maximum Gasteiger partial charge on any atom is 0.253 e. The first-order chi connectivity index (χ1) is 18.1. The number of benzene rings is 2. The van der Waals surface area contributed by atoms with Gasteiger partial charge in [-0.25, -0.2) is 9.88 Å². The number of nitriles is 1. The molecule has 3 saturated heterocycles. The summed E-state index contributed by atoms with van der Waals surface area (Å²) in [6, 6.07) is 14.4. The minimum atomic E-state index is -0.831. The Bertz CT molecular complexity index is 1620. The van der Waals surface area contributed by atoms with Gasteiger partial charge in [0.25, 0.3) is 5.56 Å². The van der Waals surface area contributed by atoms with Crippen LogP contribution in [0.1, 0.15) is 63.0 Å². The van der Waals surface area contributed by atoms with Gasteiger partial charge in [0.1, 0.15) is 5.82 Å². The second-order valence-corrected chi connectivity index (χ2v) is 11.4. The summed E-state index contributed by atoms with van der Waals surface area (Å²) < 4.78 is 8.29. The summed E-state index contributed by atoms with van der Waals surface area (Å²) in [5.74, 6) is -0.967. The average Bonchev–Trinajstić information content (AvgIpc) is 3.46. The highest BCUT2D eigenvalue weighted by Gasteiger charge is 2.73. The van der Waals surface area contributed by atoms with Crippen molar-refractivity contribution in [1.82, 2.24) is 9.55 Å². The fourth-order valence-corrected chi connectivity index (χ4v) is 7.03. The molecule has 3 aromatic rings. The number of hydrogen-bond donors (Lipinski definition) is 0. The number of ether oxygens (including phenoxy) is 1. The maximum absolute atomic E-state index is 14.1. The molecule has 3 fully saturated rings. The smallest absolute Gasteiger partial charge is 0.253 e. The molecule has 2 amide bonds. The zero-order valence-corrected chi connectivity index (χ0v) is 22.0. The average molecular weight is 511 g/mol. The highest BCUT2D eigenvalue weighted by molar-refractivity contribution is 6.26. The van der Waals surface area contributed by atoms with E-state index >= 15 is 0 Å². The van der Waals surface area contributed by atoms with Gasteiger partial charge in [-0.3, -0.25) is 19.0 Å². The highest BCUT2D eigenvalue weighted by atomic mass is 16.5. The van der Waals surface area contributed by atoms with Crippen molar-refractivity contribution in [2.45, 2.75) is 70.6 Å². The highest BCUT2D eigenvalue weighted by Crippen LogP contribution is 2.62. The minimum Gasteiger partial charge on any atom is -0.367 e. The molecular formula is C30H30N4O4. The number of carbonyl (C=O) groups is 2. The van der Waals surface area contributed by atoms with E-state index in [4.69, 9.17) is 4.74 Å². The molecule has 2 aromatic carbocycles. The Morgan fingerprint density at radius 1 is 1.08 bits per heavy atom. The van der Waals surface area contributed by atoms with Crippen LogP contribution in [0.4, 0.5) is 5.69 Å². The molecule has 8 nitrogen and oxygen atoms in total. The van der Waals surface area contributed by atoms with Crippen molar-refractivity contribution in [3.63, 3.8) is 0 Å². The molecule has 38 heavy (non-hydrogen) atoms. The predicted octanol–water partition coefficient (Wildman–Crippen LogP) is 4.22. The topological polar surface area (TPSA) is 105 Å². The van der Waals surface area contributed by atoms with Crippen LogP contribution in [0.25, 0.3) is 10.8 Å². The van der Waals surface area contributed by atoms with E-state index in [0.29, 0.717) is 59.3 Å². The van der Waals surface area contributed by atoms with Gasteiger partial charge < -0.3 is 4.74 Å². The lowest BCUT2D eigenvalue weighted by Crippen LogP contribution is -2.43. The van der Waals surface area contributed by atoms with E-state index in [9.17, 15) is 19.6 Å². The van der Waals surface area contributed by atoms with Gasteiger partial charge in [-0.1, -0.05) is 38.1 Å². The van der Waals surface area contributed by atoms with Gasteiger partial charge in [0.05, 0.1) is 40.4 Å². The van der Waals surface area contributed by atoms with E-state index in [2.05, 4.69) is 11.1 Å². The van der Waals surface area contributed by atoms with Gasteiger partial charge in [-0.05, 0) is 45.2 Å². The van der Waals surface area contributed by atoms with Crippen molar-refractivity contribution >= 4 is 28.3 Å². The van der Waals surface area contributed by atoms with Crippen molar-refractivity contribution in [2.75, 3.05) is 4.90 Å². The zero-order chi connectivity index (χ0) is 27.0. The molecule has 4 atom stereocenters. The van der Waals surface area contributed by atoms with Gasteiger partial charge in [-0.15, -0.1) is 0 Å². The van der Waals surface area contributed by atoms with Crippen LogP contribution in [0, 0.1) is 30.1 Å². The molecule has 2 bridgehead atoms. The maximum atomic E-state index is 14.1. The van der Waals surface area contributed by atoms with Crippen molar-refractivity contribution in [2.24, 2.45) is 11.8 Å². The molecule has 8 heteroatoms. The standard InChI is InChI=1S/C30H30N4O4/c1-17(2)26-32-18(3)15-23(35)33(26)14-13-30-12-11-29(4,38-30)24-25(30)28(37)34(27(24)36)22-10-9-19(16-31)20-7-5-6-8-21(20)22/h5-10,15,17,24-25H,11-14H2,1-4H3/t24-,25+,29-,30-/m1/s1. The first-order valence-electron chi connectivity index (χ1n) is 13.2. The number of anilines is 1. The van der Waals surface area contributed by atoms with E-state index in [1.54, 1.807) is 16.7 Å². The van der Waals surface area contributed by atoms with Gasteiger partial charge in [0.15, 0.2) is 0 Å². The molecule has 3 aliphatic heterocycles. The first-order valence-corrected chi connectivity index (χ1v) is 13.2. The minimum absolute atomic E-state index is 0.0565. The van der Waals surface area contributed by atoms with Crippen molar-refractivity contribution in [3.8, 4) is 6.07 Å². The van der Waals surface area contributed by atoms with Crippen LogP contribution in [-0.2, 0) is 20.9 Å². The van der Waals surface area contributed by atoms with Gasteiger partial charge in [-0.2, -0.15) is 5.26 Å². The third-order valence-electron chi connectivity index (χ3n) is 8.72. The Kier molecular flexibility index (Phi) is 5.38. The van der Waals surface area contributed by atoms with Crippen LogP contribution < -0.4 is 10.5 Å². The Balaban J connectivity index is 1.39. The van der Waals surface area contributed by atoms with Crippen LogP contribution in [0.3, 0.4) is 0 Å². The van der Waals surface area contributed by atoms with E-state index in [1.807, 2.05) is 52.0 Å². The summed E-state index contributed by atoms with van der Waals surface area (Å²) in [7, 11) is 0. The van der Waals surface area contributed by atoms with Crippen LogP contribution in [0.15, 0.2) is 47.3 Å². The van der Waals surface area contributed by atoms with Gasteiger partial charge >= 0.3 is 0 Å². The Morgan fingerprint density at radius 3 is 2.50 bits per heavy atom. The molecule has 0 radical (unpaired) electrons. The molecule has 0 unspecified atom stereocenters. The number of hydrogen-bond acceptors (Lipinski definition) is 6. The second-order valence-electron chi connectivity index (χ2n) is 11.4. The first kappa shape index (κ1) is 24.5. The zero-order valence-electron chi connectivity index (χ0n) is 22.0. The summed E-state index contributed by atoms with van der Waals surface area (Å²) in [5.41, 5.74) is -0.0156. The number of amides is 2. The van der Waals surface area contributed by atoms with Crippen LogP contribution in [0.5, 0.6) is 0 Å². The van der Waals surface area contributed by atoms with Crippen LogP contribution >= 0.6 is 0 Å². The molecule has 0 aliphatic carbocycles. The molecular weight excluding hydrogens is 480 g/mol. The number of aromatic nitrogens is 2. The lowest BCUT2D eigenvalue weighted by molar-refractivity contribution is -0.130. The second kappa shape index (κ2) is 8.34. The molecule has 194 valence electrons. The number of rotatable bonds is 5. The van der Waals surface area contributed by atoms with Gasteiger partial charge in [0, 0.05) is 35.0 Å². The molecule has 4 heterocycles. The number of nitrogens with zero attached hydrogens (tertiary/aromatic N) is 4. The lowest BCUT2D eigenvalue weighted by Gasteiger charge is -2.32. The summed E-state index contributed by atoms with van der Waals surface area (Å²) in [6.07, 6.45) is 1.76. The Hall–Kier alpha value is -3.83. The Labute approximate surface area is 220 Å². The summed E-state index contributed by atoms with van der Waals surface area (Å²) in [6.45, 7) is 8.12. The summed E-state index contributed by atoms with van der Waals surface area (Å²) in [5, 5.41) is 11.0. The summed E-state index contributed by atoms with van der Waals surface area (Å²) in [4.78, 5) is 46.9. The molecule has 0 saturated carbocycles. The van der Waals surface area contributed by atoms with Crippen molar-refractivity contribution in [3.05, 3.63) is 69.9 Å². The normalized spacial score (nSPS) is 27.9. The lowest BCUT2D eigenvalue weighted by atomic mass is 9.67. The largest absolute Gasteiger partial charge is 0.367 e. The third-order valence-corrected chi connectivity index (χ3v) is 8.72. The van der Waals surface area contributed by atoms with E-state index in [0.717, 1.165) is 0 Å². The fraction of sp³-hybridized carbons (Fsp3) is 0.433. The number of imide groups is 1. The predicted molar refractivity (Wildman–Crippen MR) is 142 cm³/mol. The third kappa shape index (κ3) is 3.31. The monoisotopic (exact) mass is 510 g/mol. The van der Waals surface area contributed by atoms with E-state index in [1.165, 1.54) is 11.0 Å². The van der Waals surface area contributed by atoms with Crippen LogP contribution in [-0.4, -0.2) is 32.6 Å². The van der Waals surface area contributed by atoms with Crippen LogP contribution in [0.2, 0.25) is 0 Å². The SMILES string of the molecule is Cc1cc(=O)n(CC[C@@]23CC[C@@](C)(O2)[C@H]2C(=O)N(c4ccc(C#N)c5ccccc45)C(=O)[C@H]23)c(C(C)C)n1. The van der Waals surface area contributed by atoms with E-state index < -0.39 is 23.0 Å². The number of fused-ring (bicyclic) bond motifs is 6. The van der Waals surface area contributed by atoms with E-state index in [-0.39, 0.29) is 23.3 Å². The quantitative estimate of drug-likeness (QED) is 0.476. The number of carbonyl (C=O) groups excluding carboxylic acids is 2. The fourth-order valence-electron chi connectivity index (χ4n) is 7.03. The molecule has 0 N–H and O–H groups in total.